The summed E-state index contributed by atoms with van der Waals surface area (Å²) in [5.41, 5.74) is 2.47. The van der Waals surface area contributed by atoms with Crippen LogP contribution in [0.15, 0.2) is 51.4 Å². The summed E-state index contributed by atoms with van der Waals surface area (Å²) in [5.74, 6) is 2.07. The van der Waals surface area contributed by atoms with E-state index in [2.05, 4.69) is 73.6 Å². The number of ether oxygens (including phenoxy) is 2. The zero-order valence-corrected chi connectivity index (χ0v) is 17.8. The van der Waals surface area contributed by atoms with Gasteiger partial charge in [-0.3, -0.25) is 0 Å². The Morgan fingerprint density at radius 1 is 1.04 bits per heavy atom. The molecule has 26 heavy (non-hydrogen) atoms. The van der Waals surface area contributed by atoms with Crippen molar-refractivity contribution in [3.05, 3.63) is 62.5 Å². The highest BCUT2D eigenvalue weighted by atomic mass is 79.9. The lowest BCUT2D eigenvalue weighted by molar-refractivity contribution is -0.0334. The molecule has 3 nitrogen and oxygen atoms in total. The van der Waals surface area contributed by atoms with Gasteiger partial charge in [0.05, 0.1) is 12.7 Å². The quantitative estimate of drug-likeness (QED) is 0.646. The van der Waals surface area contributed by atoms with Crippen LogP contribution in [0.3, 0.4) is 0 Å². The van der Waals surface area contributed by atoms with Crippen LogP contribution in [-0.4, -0.2) is 25.8 Å². The summed E-state index contributed by atoms with van der Waals surface area (Å²) in [6, 6.07) is 14.7. The maximum absolute atomic E-state index is 6.41. The monoisotopic (exact) mass is 479 g/mol. The molecular formula is C21H23Br2NO2. The largest absolute Gasteiger partial charge is 0.491 e. The lowest BCUT2D eigenvalue weighted by Gasteiger charge is -2.40. The molecule has 4 rings (SSSR count). The highest BCUT2D eigenvalue weighted by molar-refractivity contribution is 9.11. The van der Waals surface area contributed by atoms with Crippen LogP contribution >= 0.6 is 31.9 Å². The van der Waals surface area contributed by atoms with Gasteiger partial charge in [0, 0.05) is 20.4 Å². The third-order valence-electron chi connectivity index (χ3n) is 5.36. The molecule has 0 radical (unpaired) electrons. The van der Waals surface area contributed by atoms with Gasteiger partial charge in [0.2, 0.25) is 0 Å². The highest BCUT2D eigenvalue weighted by Gasteiger charge is 2.37. The van der Waals surface area contributed by atoms with Crippen molar-refractivity contribution in [1.29, 1.82) is 0 Å². The van der Waals surface area contributed by atoms with Crippen molar-refractivity contribution < 1.29 is 9.47 Å². The van der Waals surface area contributed by atoms with Crippen LogP contribution in [0.2, 0.25) is 0 Å². The third kappa shape index (κ3) is 4.16. The number of halogens is 2. The average molecular weight is 481 g/mol. The number of piperidine rings is 1. The van der Waals surface area contributed by atoms with E-state index >= 15 is 0 Å². The van der Waals surface area contributed by atoms with Crippen molar-refractivity contribution in [2.45, 2.75) is 31.5 Å². The zero-order valence-electron chi connectivity index (χ0n) is 14.6. The molecule has 2 atom stereocenters. The molecule has 0 bridgehead atoms. The molecule has 5 heteroatoms. The molecule has 2 heterocycles. The Kier molecular flexibility index (Phi) is 5.99. The minimum Gasteiger partial charge on any atom is -0.491 e. The van der Waals surface area contributed by atoms with Gasteiger partial charge < -0.3 is 14.8 Å². The van der Waals surface area contributed by atoms with Gasteiger partial charge in [0.25, 0.3) is 0 Å². The van der Waals surface area contributed by atoms with E-state index in [1.165, 1.54) is 18.4 Å². The Morgan fingerprint density at radius 3 is 2.54 bits per heavy atom. The molecule has 2 aromatic carbocycles. The maximum atomic E-state index is 6.41. The number of para-hydroxylation sites is 1. The van der Waals surface area contributed by atoms with Crippen molar-refractivity contribution in [3.63, 3.8) is 0 Å². The van der Waals surface area contributed by atoms with Crippen molar-refractivity contribution >= 4 is 31.9 Å². The van der Waals surface area contributed by atoms with Gasteiger partial charge in [-0.15, -0.1) is 0 Å². The zero-order chi connectivity index (χ0) is 17.9. The first-order valence-corrected chi connectivity index (χ1v) is 10.8. The van der Waals surface area contributed by atoms with Crippen LogP contribution in [0.1, 0.15) is 29.9 Å². The standard InChI is InChI=1S/C21H23Br2NO2/c22-16-9-14(10-17(23)11-16)12-25-20-13-26-19-4-2-1-3-18(19)21(20)15-5-7-24-8-6-15/h1-4,9-11,15,20-21,24H,5-8,12-13H2/t20-,21-/m1/s1. The second kappa shape index (κ2) is 8.42. The van der Waals surface area contributed by atoms with Crippen LogP contribution in [0.4, 0.5) is 0 Å². The van der Waals surface area contributed by atoms with E-state index in [4.69, 9.17) is 9.47 Å². The summed E-state index contributed by atoms with van der Waals surface area (Å²) in [5, 5.41) is 3.48. The van der Waals surface area contributed by atoms with Crippen LogP contribution in [0.5, 0.6) is 5.75 Å². The summed E-state index contributed by atoms with van der Waals surface area (Å²) in [6.45, 7) is 3.40. The summed E-state index contributed by atoms with van der Waals surface area (Å²) >= 11 is 7.12. The Balaban J connectivity index is 1.55. The van der Waals surface area contributed by atoms with Crippen molar-refractivity contribution in [2.24, 2.45) is 5.92 Å². The van der Waals surface area contributed by atoms with E-state index in [1.807, 2.05) is 6.07 Å². The summed E-state index contributed by atoms with van der Waals surface area (Å²) < 4.78 is 14.6. The van der Waals surface area contributed by atoms with Crippen LogP contribution in [0, 0.1) is 5.92 Å². The summed E-state index contributed by atoms with van der Waals surface area (Å²) in [7, 11) is 0. The predicted octanol–water partition coefficient (Wildman–Crippen LogP) is 5.27. The highest BCUT2D eigenvalue weighted by Crippen LogP contribution is 2.42. The Hall–Kier alpha value is -0.880. The molecule has 0 amide bonds. The summed E-state index contributed by atoms with van der Waals surface area (Å²) in [6.07, 6.45) is 2.48. The van der Waals surface area contributed by atoms with E-state index in [9.17, 15) is 0 Å². The molecule has 138 valence electrons. The van der Waals surface area contributed by atoms with Crippen LogP contribution in [-0.2, 0) is 11.3 Å². The van der Waals surface area contributed by atoms with E-state index in [-0.39, 0.29) is 6.10 Å². The second-order valence-electron chi connectivity index (χ2n) is 7.09. The van der Waals surface area contributed by atoms with Gasteiger partial charge in [-0.05, 0) is 61.7 Å². The molecule has 0 saturated carbocycles. The average Bonchev–Trinajstić information content (AvgIpc) is 2.66. The van der Waals surface area contributed by atoms with Gasteiger partial charge in [-0.1, -0.05) is 50.1 Å². The molecule has 2 aromatic rings. The van der Waals surface area contributed by atoms with Crippen molar-refractivity contribution in [3.8, 4) is 5.75 Å². The van der Waals surface area contributed by atoms with Gasteiger partial charge >= 0.3 is 0 Å². The van der Waals surface area contributed by atoms with Crippen LogP contribution in [0.25, 0.3) is 0 Å². The lowest BCUT2D eigenvalue weighted by atomic mass is 9.76. The number of nitrogens with one attached hydrogen (secondary N) is 1. The van der Waals surface area contributed by atoms with Crippen LogP contribution < -0.4 is 10.1 Å². The number of hydrogen-bond donors (Lipinski definition) is 1. The van der Waals surface area contributed by atoms with E-state index in [0.29, 0.717) is 25.0 Å². The fraction of sp³-hybridized carbons (Fsp3) is 0.429. The SMILES string of the molecule is Brc1cc(Br)cc(CO[C@@H]2COc3ccccc3[C@H]2C2CCNCC2)c1. The normalized spacial score (nSPS) is 23.3. The molecule has 0 aromatic heterocycles. The first-order valence-electron chi connectivity index (χ1n) is 9.20. The molecule has 2 aliphatic heterocycles. The Labute approximate surface area is 171 Å². The molecular weight excluding hydrogens is 458 g/mol. The van der Waals surface area contributed by atoms with Crippen molar-refractivity contribution in [1.82, 2.24) is 5.32 Å². The van der Waals surface area contributed by atoms with E-state index in [0.717, 1.165) is 33.3 Å². The van der Waals surface area contributed by atoms with E-state index in [1.54, 1.807) is 0 Å². The Morgan fingerprint density at radius 2 is 1.77 bits per heavy atom. The number of fused-ring (bicyclic) bond motifs is 1. The molecule has 0 spiro atoms. The molecule has 1 saturated heterocycles. The Bertz CT molecular complexity index is 741. The first kappa shape index (κ1) is 18.5. The maximum Gasteiger partial charge on any atom is 0.123 e. The van der Waals surface area contributed by atoms with Crippen molar-refractivity contribution in [2.75, 3.05) is 19.7 Å². The minimum atomic E-state index is 0.0887. The number of benzene rings is 2. The fourth-order valence-electron chi connectivity index (χ4n) is 4.17. The number of rotatable bonds is 4. The predicted molar refractivity (Wildman–Crippen MR) is 111 cm³/mol. The molecule has 0 unspecified atom stereocenters. The molecule has 0 aliphatic carbocycles. The molecule has 1 N–H and O–H groups in total. The first-order chi connectivity index (χ1) is 12.7. The van der Waals surface area contributed by atoms with Gasteiger partial charge in [-0.25, -0.2) is 0 Å². The fourth-order valence-corrected chi connectivity index (χ4v) is 5.56. The molecule has 2 aliphatic rings. The van der Waals surface area contributed by atoms with E-state index < -0.39 is 0 Å². The van der Waals surface area contributed by atoms with Gasteiger partial charge in [-0.2, -0.15) is 0 Å². The third-order valence-corrected chi connectivity index (χ3v) is 6.28. The summed E-state index contributed by atoms with van der Waals surface area (Å²) in [4.78, 5) is 0. The second-order valence-corrected chi connectivity index (χ2v) is 8.92. The topological polar surface area (TPSA) is 30.5 Å². The lowest BCUT2D eigenvalue weighted by Crippen LogP contribution is -2.41. The molecule has 1 fully saturated rings. The minimum absolute atomic E-state index is 0.0887. The van der Waals surface area contributed by atoms with Gasteiger partial charge in [0.1, 0.15) is 12.4 Å². The number of hydrogen-bond acceptors (Lipinski definition) is 3. The smallest absolute Gasteiger partial charge is 0.123 e. The van der Waals surface area contributed by atoms with Gasteiger partial charge in [0.15, 0.2) is 0 Å².